The number of piperidine rings is 1. The topological polar surface area (TPSA) is 85.7 Å². The predicted octanol–water partition coefficient (Wildman–Crippen LogP) is 3.34. The Morgan fingerprint density at radius 1 is 1.20 bits per heavy atom. The molecule has 4 rings (SSSR count). The van der Waals surface area contributed by atoms with Crippen molar-refractivity contribution in [3.63, 3.8) is 0 Å². The van der Waals surface area contributed by atoms with Crippen LogP contribution in [0.4, 0.5) is 5.69 Å². The lowest BCUT2D eigenvalue weighted by atomic mass is 10.1. The first kappa shape index (κ1) is 20.8. The first-order chi connectivity index (χ1) is 14.7. The summed E-state index contributed by atoms with van der Waals surface area (Å²) in [5.41, 5.74) is 1.71. The van der Waals surface area contributed by atoms with Crippen molar-refractivity contribution in [1.29, 1.82) is 0 Å². The molecule has 3 heterocycles. The van der Waals surface area contributed by atoms with E-state index in [1.165, 1.54) is 6.42 Å². The van der Waals surface area contributed by atoms with Crippen LogP contribution >= 0.6 is 0 Å². The Morgan fingerprint density at radius 3 is 2.77 bits per heavy atom. The van der Waals surface area contributed by atoms with Gasteiger partial charge in [-0.15, -0.1) is 0 Å². The van der Waals surface area contributed by atoms with Gasteiger partial charge in [0.1, 0.15) is 0 Å². The first-order valence-electron chi connectivity index (χ1n) is 11.0. The number of benzene rings is 1. The van der Waals surface area contributed by atoms with Crippen LogP contribution in [-0.2, 0) is 14.3 Å². The zero-order valence-electron chi connectivity index (χ0n) is 17.6. The molecule has 0 spiro atoms. The van der Waals surface area contributed by atoms with Gasteiger partial charge in [0.2, 0.25) is 5.91 Å². The molecule has 0 aliphatic carbocycles. The molecule has 0 saturated carbocycles. The minimum atomic E-state index is -0.464. The Hall–Kier alpha value is -2.45. The maximum Gasteiger partial charge on any atom is 0.359 e. The van der Waals surface area contributed by atoms with Crippen molar-refractivity contribution in [1.82, 2.24) is 14.7 Å². The molecule has 1 N–H and O–H groups in total. The summed E-state index contributed by atoms with van der Waals surface area (Å²) in [6.07, 6.45) is 6.28. The quantitative estimate of drug-likeness (QED) is 0.730. The second kappa shape index (κ2) is 9.57. The van der Waals surface area contributed by atoms with Gasteiger partial charge in [0.05, 0.1) is 18.7 Å². The highest BCUT2D eigenvalue weighted by molar-refractivity contribution is 6.04. The number of esters is 1. The molecule has 1 unspecified atom stereocenters. The Balaban J connectivity index is 1.58. The fourth-order valence-electron chi connectivity index (χ4n) is 4.23. The van der Waals surface area contributed by atoms with Crippen molar-refractivity contribution in [3.05, 3.63) is 23.9 Å². The smallest absolute Gasteiger partial charge is 0.359 e. The van der Waals surface area contributed by atoms with Crippen LogP contribution in [0.25, 0.3) is 10.9 Å². The molecule has 2 saturated heterocycles. The maximum atomic E-state index is 12.5. The number of aromatic nitrogens is 2. The standard InChI is InChI=1S/C22H30N4O4/c1-2-29-22(28)21-17-14-16(23-19(27)15-25-11-5-3-6-12-25)9-10-18(17)26(24-21)20-8-4-7-13-30-20/h9-10,14,20H,2-8,11-13,15H2,1H3,(H,23,27). The Labute approximate surface area is 176 Å². The second-order valence-electron chi connectivity index (χ2n) is 7.95. The fourth-order valence-corrected chi connectivity index (χ4v) is 4.23. The summed E-state index contributed by atoms with van der Waals surface area (Å²) in [6, 6.07) is 5.55. The van der Waals surface area contributed by atoms with E-state index in [1.54, 1.807) is 11.6 Å². The summed E-state index contributed by atoms with van der Waals surface area (Å²) in [4.78, 5) is 27.2. The Bertz CT molecular complexity index is 898. The lowest BCUT2D eigenvalue weighted by Gasteiger charge is -2.25. The third-order valence-corrected chi connectivity index (χ3v) is 5.70. The van der Waals surface area contributed by atoms with E-state index in [0.29, 0.717) is 24.2 Å². The molecule has 1 atom stereocenters. The number of fused-ring (bicyclic) bond motifs is 1. The van der Waals surface area contributed by atoms with Crippen LogP contribution < -0.4 is 5.32 Å². The summed E-state index contributed by atoms with van der Waals surface area (Å²) in [5, 5.41) is 8.17. The average molecular weight is 415 g/mol. The van der Waals surface area contributed by atoms with Crippen molar-refractivity contribution >= 4 is 28.5 Å². The van der Waals surface area contributed by atoms with Gasteiger partial charge >= 0.3 is 5.97 Å². The van der Waals surface area contributed by atoms with Gasteiger partial charge in [0.25, 0.3) is 0 Å². The second-order valence-corrected chi connectivity index (χ2v) is 7.95. The Morgan fingerprint density at radius 2 is 2.03 bits per heavy atom. The van der Waals surface area contributed by atoms with Crippen molar-refractivity contribution in [2.45, 2.75) is 51.7 Å². The number of hydrogen-bond donors (Lipinski definition) is 1. The van der Waals surface area contributed by atoms with Gasteiger partial charge in [-0.2, -0.15) is 5.10 Å². The fraction of sp³-hybridized carbons (Fsp3) is 0.591. The minimum Gasteiger partial charge on any atom is -0.461 e. The monoisotopic (exact) mass is 414 g/mol. The van der Waals surface area contributed by atoms with E-state index in [9.17, 15) is 9.59 Å². The molecule has 2 aliphatic rings. The molecular formula is C22H30N4O4. The van der Waals surface area contributed by atoms with Crippen molar-refractivity contribution in [2.24, 2.45) is 0 Å². The summed E-state index contributed by atoms with van der Waals surface area (Å²) < 4.78 is 12.9. The van der Waals surface area contributed by atoms with Gasteiger partial charge in [0, 0.05) is 17.7 Å². The SMILES string of the molecule is CCOC(=O)c1nn(C2CCCCO2)c2ccc(NC(=O)CN3CCCCC3)cc12. The summed E-state index contributed by atoms with van der Waals surface area (Å²) >= 11 is 0. The Kier molecular flexibility index (Phi) is 6.64. The molecule has 2 aliphatic heterocycles. The third kappa shape index (κ3) is 4.65. The molecule has 162 valence electrons. The molecule has 8 nitrogen and oxygen atoms in total. The van der Waals surface area contributed by atoms with E-state index in [-0.39, 0.29) is 24.4 Å². The first-order valence-corrected chi connectivity index (χ1v) is 11.0. The average Bonchev–Trinajstić information content (AvgIpc) is 3.14. The van der Waals surface area contributed by atoms with Gasteiger partial charge < -0.3 is 14.8 Å². The minimum absolute atomic E-state index is 0.0445. The van der Waals surface area contributed by atoms with E-state index < -0.39 is 5.97 Å². The van der Waals surface area contributed by atoms with Crippen LogP contribution in [0.15, 0.2) is 18.2 Å². The van der Waals surface area contributed by atoms with E-state index >= 15 is 0 Å². The molecular weight excluding hydrogens is 384 g/mol. The van der Waals surface area contributed by atoms with E-state index in [1.807, 2.05) is 18.2 Å². The number of nitrogens with zero attached hydrogens (tertiary/aromatic N) is 3. The van der Waals surface area contributed by atoms with Crippen LogP contribution in [0.5, 0.6) is 0 Å². The lowest BCUT2D eigenvalue weighted by molar-refractivity contribution is -0.117. The highest BCUT2D eigenvalue weighted by Crippen LogP contribution is 2.30. The van der Waals surface area contributed by atoms with Gasteiger partial charge in [0.15, 0.2) is 11.9 Å². The molecule has 1 aromatic carbocycles. The largest absolute Gasteiger partial charge is 0.461 e. The number of carbonyl (C=O) groups is 2. The highest BCUT2D eigenvalue weighted by Gasteiger charge is 2.25. The van der Waals surface area contributed by atoms with Crippen LogP contribution in [0.1, 0.15) is 62.2 Å². The molecule has 1 amide bonds. The summed E-state index contributed by atoms with van der Waals surface area (Å²) in [5.74, 6) is -0.509. The molecule has 8 heteroatoms. The molecule has 30 heavy (non-hydrogen) atoms. The maximum absolute atomic E-state index is 12.5. The summed E-state index contributed by atoms with van der Waals surface area (Å²) in [7, 11) is 0. The molecule has 2 fully saturated rings. The molecule has 0 radical (unpaired) electrons. The number of hydrogen-bond acceptors (Lipinski definition) is 6. The lowest BCUT2D eigenvalue weighted by Crippen LogP contribution is -2.36. The number of rotatable bonds is 6. The van der Waals surface area contributed by atoms with E-state index in [4.69, 9.17) is 9.47 Å². The number of nitrogens with one attached hydrogen (secondary N) is 1. The number of ether oxygens (including phenoxy) is 2. The predicted molar refractivity (Wildman–Crippen MR) is 113 cm³/mol. The number of carbonyl (C=O) groups excluding carboxylic acids is 2. The zero-order valence-corrected chi connectivity index (χ0v) is 17.6. The van der Waals surface area contributed by atoms with Crippen LogP contribution in [-0.4, -0.2) is 59.4 Å². The zero-order chi connectivity index (χ0) is 20.9. The highest BCUT2D eigenvalue weighted by atomic mass is 16.5. The molecule has 2 aromatic rings. The van der Waals surface area contributed by atoms with Crippen LogP contribution in [0.3, 0.4) is 0 Å². The van der Waals surface area contributed by atoms with Gasteiger partial charge in [-0.25, -0.2) is 9.48 Å². The normalized spacial score (nSPS) is 20.2. The number of likely N-dealkylation sites (tertiary alicyclic amines) is 1. The van der Waals surface area contributed by atoms with Crippen molar-refractivity contribution < 1.29 is 19.1 Å². The van der Waals surface area contributed by atoms with Gasteiger partial charge in [-0.1, -0.05) is 6.42 Å². The molecule has 1 aromatic heterocycles. The van der Waals surface area contributed by atoms with E-state index in [2.05, 4.69) is 15.3 Å². The molecule has 0 bridgehead atoms. The van der Waals surface area contributed by atoms with Crippen LogP contribution in [0.2, 0.25) is 0 Å². The number of amides is 1. The third-order valence-electron chi connectivity index (χ3n) is 5.70. The van der Waals surface area contributed by atoms with E-state index in [0.717, 1.165) is 50.7 Å². The van der Waals surface area contributed by atoms with Crippen molar-refractivity contribution in [2.75, 3.05) is 38.2 Å². The van der Waals surface area contributed by atoms with Crippen molar-refractivity contribution in [3.8, 4) is 0 Å². The summed E-state index contributed by atoms with van der Waals surface area (Å²) in [6.45, 7) is 5.05. The van der Waals surface area contributed by atoms with Crippen LogP contribution in [0, 0.1) is 0 Å². The van der Waals surface area contributed by atoms with Gasteiger partial charge in [-0.3, -0.25) is 9.69 Å². The number of anilines is 1. The van der Waals surface area contributed by atoms with Gasteiger partial charge in [-0.05, 0) is 70.3 Å².